The van der Waals surface area contributed by atoms with Gasteiger partial charge in [0.1, 0.15) is 0 Å². The van der Waals surface area contributed by atoms with Crippen LogP contribution in [0.4, 0.5) is 5.69 Å². The van der Waals surface area contributed by atoms with E-state index in [1.165, 1.54) is 7.11 Å². The number of carbonyl (C=O) groups excluding carboxylic acids is 1. The molecule has 1 aromatic carbocycles. The summed E-state index contributed by atoms with van der Waals surface area (Å²) in [6, 6.07) is 5.08. The Balaban J connectivity index is 2.22. The minimum atomic E-state index is -0.329. The molecule has 1 unspecified atom stereocenters. The molecule has 0 spiro atoms. The van der Waals surface area contributed by atoms with E-state index in [0.717, 1.165) is 0 Å². The first-order valence-corrected chi connectivity index (χ1v) is 6.11. The first-order valence-electron chi connectivity index (χ1n) is 6.11. The number of nitrogens with two attached hydrogens (primary N) is 1. The van der Waals surface area contributed by atoms with Crippen molar-refractivity contribution in [3.8, 4) is 5.75 Å². The molecule has 1 fully saturated rings. The van der Waals surface area contributed by atoms with E-state index < -0.39 is 0 Å². The fourth-order valence-electron chi connectivity index (χ4n) is 2.14. The molecule has 0 aromatic heterocycles. The van der Waals surface area contributed by atoms with E-state index in [4.69, 9.17) is 20.3 Å². The molecule has 3 N–H and O–H groups in total. The molecular weight excluding hydrogens is 248 g/mol. The van der Waals surface area contributed by atoms with Crippen molar-refractivity contribution < 1.29 is 19.4 Å². The molecule has 1 saturated heterocycles. The van der Waals surface area contributed by atoms with Crippen LogP contribution in [0.2, 0.25) is 0 Å². The fraction of sp³-hybridized carbons (Fsp3) is 0.462. The van der Waals surface area contributed by atoms with Crippen LogP contribution in [0.3, 0.4) is 0 Å². The van der Waals surface area contributed by atoms with Crippen molar-refractivity contribution in [1.29, 1.82) is 0 Å². The van der Waals surface area contributed by atoms with Crippen molar-refractivity contribution in [2.45, 2.75) is 6.10 Å². The van der Waals surface area contributed by atoms with E-state index >= 15 is 0 Å². The van der Waals surface area contributed by atoms with Crippen LogP contribution in [-0.2, 0) is 4.74 Å². The number of anilines is 1. The maximum atomic E-state index is 12.4. The maximum absolute atomic E-state index is 12.4. The predicted molar refractivity (Wildman–Crippen MR) is 70.1 cm³/mol. The largest absolute Gasteiger partial charge is 0.494 e. The normalized spacial score (nSPS) is 19.3. The first kappa shape index (κ1) is 13.6. The third kappa shape index (κ3) is 2.80. The van der Waals surface area contributed by atoms with Crippen molar-refractivity contribution in [2.24, 2.45) is 0 Å². The zero-order valence-corrected chi connectivity index (χ0v) is 10.8. The first-order chi connectivity index (χ1) is 9.17. The third-order valence-electron chi connectivity index (χ3n) is 3.11. The van der Waals surface area contributed by atoms with Crippen LogP contribution in [0.5, 0.6) is 5.75 Å². The topological polar surface area (TPSA) is 85.0 Å². The minimum absolute atomic E-state index is 0.0994. The molecule has 6 heteroatoms. The van der Waals surface area contributed by atoms with Crippen LogP contribution in [0.25, 0.3) is 0 Å². The van der Waals surface area contributed by atoms with Crippen LogP contribution < -0.4 is 10.5 Å². The summed E-state index contributed by atoms with van der Waals surface area (Å²) in [7, 11) is 1.48. The van der Waals surface area contributed by atoms with Gasteiger partial charge in [-0.3, -0.25) is 4.79 Å². The standard InChI is InChI=1S/C13H18N2O4/c1-18-12-10(3-2-4-11(12)14)13(17)15-5-6-19-9(7-15)8-16/h2-4,9,16H,5-8,14H2,1H3. The Bertz CT molecular complexity index is 464. The number of ether oxygens (including phenoxy) is 2. The van der Waals surface area contributed by atoms with Gasteiger partial charge in [0.15, 0.2) is 5.75 Å². The van der Waals surface area contributed by atoms with E-state index in [1.54, 1.807) is 23.1 Å². The maximum Gasteiger partial charge on any atom is 0.257 e. The van der Waals surface area contributed by atoms with E-state index in [0.29, 0.717) is 36.7 Å². The number of amides is 1. The number of nitrogens with zero attached hydrogens (tertiary/aromatic N) is 1. The van der Waals surface area contributed by atoms with Gasteiger partial charge in [0.05, 0.1) is 37.7 Å². The molecule has 1 aliphatic rings. The van der Waals surface area contributed by atoms with Crippen molar-refractivity contribution in [2.75, 3.05) is 39.1 Å². The molecule has 1 aromatic rings. The Morgan fingerprint density at radius 3 is 3.11 bits per heavy atom. The molecule has 1 aliphatic heterocycles. The summed E-state index contributed by atoms with van der Waals surface area (Å²) in [6.07, 6.45) is -0.329. The summed E-state index contributed by atoms with van der Waals surface area (Å²) in [6.45, 7) is 1.18. The van der Waals surface area contributed by atoms with Crippen LogP contribution in [0.15, 0.2) is 18.2 Å². The molecule has 1 heterocycles. The van der Waals surface area contributed by atoms with Gasteiger partial charge in [-0.2, -0.15) is 0 Å². The number of morpholine rings is 1. The van der Waals surface area contributed by atoms with Gasteiger partial charge >= 0.3 is 0 Å². The SMILES string of the molecule is COc1c(N)cccc1C(=O)N1CCOC(CO)C1. The van der Waals surface area contributed by atoms with Gasteiger partial charge in [0.2, 0.25) is 0 Å². The van der Waals surface area contributed by atoms with E-state index in [-0.39, 0.29) is 18.6 Å². The number of rotatable bonds is 3. The fourth-order valence-corrected chi connectivity index (χ4v) is 2.14. The molecule has 1 atom stereocenters. The van der Waals surface area contributed by atoms with Crippen molar-refractivity contribution in [1.82, 2.24) is 4.90 Å². The van der Waals surface area contributed by atoms with Crippen molar-refractivity contribution in [3.63, 3.8) is 0 Å². The molecule has 19 heavy (non-hydrogen) atoms. The zero-order chi connectivity index (χ0) is 13.8. The smallest absolute Gasteiger partial charge is 0.257 e. The highest BCUT2D eigenvalue weighted by molar-refractivity contribution is 5.98. The molecule has 0 aliphatic carbocycles. The number of aliphatic hydroxyl groups is 1. The average Bonchev–Trinajstić information content (AvgIpc) is 2.46. The van der Waals surface area contributed by atoms with Gasteiger partial charge < -0.3 is 25.2 Å². The lowest BCUT2D eigenvalue weighted by molar-refractivity contribution is -0.0447. The molecule has 104 valence electrons. The van der Waals surface area contributed by atoms with Gasteiger partial charge in [0, 0.05) is 13.1 Å². The summed E-state index contributed by atoms with van der Waals surface area (Å²) in [5, 5.41) is 9.10. The zero-order valence-electron chi connectivity index (χ0n) is 10.8. The number of hydrogen-bond donors (Lipinski definition) is 2. The van der Waals surface area contributed by atoms with Gasteiger partial charge in [-0.05, 0) is 12.1 Å². The Hall–Kier alpha value is -1.79. The van der Waals surface area contributed by atoms with Crippen LogP contribution in [-0.4, -0.2) is 55.4 Å². The molecule has 2 rings (SSSR count). The number of hydrogen-bond acceptors (Lipinski definition) is 5. The summed E-state index contributed by atoms with van der Waals surface area (Å²) in [5.41, 5.74) is 6.65. The number of benzene rings is 1. The highest BCUT2D eigenvalue weighted by atomic mass is 16.5. The molecule has 1 amide bonds. The van der Waals surface area contributed by atoms with Gasteiger partial charge in [0.25, 0.3) is 5.91 Å². The lowest BCUT2D eigenvalue weighted by Crippen LogP contribution is -2.47. The summed E-state index contributed by atoms with van der Waals surface area (Å²) in [4.78, 5) is 14.1. The molecular formula is C13H18N2O4. The Morgan fingerprint density at radius 2 is 2.42 bits per heavy atom. The minimum Gasteiger partial charge on any atom is -0.494 e. The average molecular weight is 266 g/mol. The highest BCUT2D eigenvalue weighted by Gasteiger charge is 2.26. The third-order valence-corrected chi connectivity index (χ3v) is 3.11. The second-order valence-electron chi connectivity index (χ2n) is 4.35. The monoisotopic (exact) mass is 266 g/mol. The number of nitrogen functional groups attached to an aromatic ring is 1. The molecule has 6 nitrogen and oxygen atoms in total. The van der Waals surface area contributed by atoms with Gasteiger partial charge in [-0.25, -0.2) is 0 Å². The summed E-state index contributed by atoms with van der Waals surface area (Å²) >= 11 is 0. The van der Waals surface area contributed by atoms with Crippen molar-refractivity contribution >= 4 is 11.6 Å². The Kier molecular flexibility index (Phi) is 4.24. The second-order valence-corrected chi connectivity index (χ2v) is 4.35. The Morgan fingerprint density at radius 1 is 1.63 bits per heavy atom. The summed E-state index contributed by atoms with van der Waals surface area (Å²) < 4.78 is 10.5. The molecule has 0 saturated carbocycles. The van der Waals surface area contributed by atoms with E-state index in [2.05, 4.69) is 0 Å². The van der Waals surface area contributed by atoms with Crippen LogP contribution in [0, 0.1) is 0 Å². The second kappa shape index (κ2) is 5.90. The quantitative estimate of drug-likeness (QED) is 0.759. The van der Waals surface area contributed by atoms with Gasteiger partial charge in [-0.1, -0.05) is 6.07 Å². The Labute approximate surface area is 111 Å². The van der Waals surface area contributed by atoms with Crippen LogP contribution >= 0.6 is 0 Å². The lowest BCUT2D eigenvalue weighted by atomic mass is 10.1. The van der Waals surface area contributed by atoms with Gasteiger partial charge in [-0.15, -0.1) is 0 Å². The van der Waals surface area contributed by atoms with E-state index in [9.17, 15) is 4.79 Å². The highest BCUT2D eigenvalue weighted by Crippen LogP contribution is 2.27. The van der Waals surface area contributed by atoms with E-state index in [1.807, 2.05) is 0 Å². The molecule has 0 radical (unpaired) electrons. The number of carbonyl (C=O) groups is 1. The number of para-hydroxylation sites is 1. The number of aliphatic hydroxyl groups excluding tert-OH is 1. The summed E-state index contributed by atoms with van der Waals surface area (Å²) in [5.74, 6) is 0.227. The number of methoxy groups -OCH3 is 1. The lowest BCUT2D eigenvalue weighted by Gasteiger charge is -2.32. The molecule has 0 bridgehead atoms. The van der Waals surface area contributed by atoms with Crippen LogP contribution in [0.1, 0.15) is 10.4 Å². The van der Waals surface area contributed by atoms with Crippen molar-refractivity contribution in [3.05, 3.63) is 23.8 Å². The predicted octanol–water partition coefficient (Wildman–Crippen LogP) is 0.111.